The topological polar surface area (TPSA) is 91.1 Å². The van der Waals surface area contributed by atoms with Crippen molar-refractivity contribution in [1.82, 2.24) is 9.80 Å². The van der Waals surface area contributed by atoms with Crippen molar-refractivity contribution in [1.29, 1.82) is 0 Å². The number of furan rings is 1. The number of aryl methyl sites for hydroxylation is 1. The second-order valence-electron chi connectivity index (χ2n) is 8.22. The van der Waals surface area contributed by atoms with Crippen LogP contribution in [0.2, 0.25) is 0 Å². The third-order valence-corrected chi connectivity index (χ3v) is 6.11. The fraction of sp³-hybridized carbons (Fsp3) is 0.333. The van der Waals surface area contributed by atoms with Crippen LogP contribution >= 0.6 is 0 Å². The molecule has 1 unspecified atom stereocenters. The average Bonchev–Trinajstić information content (AvgIpc) is 3.44. The molecule has 166 valence electrons. The van der Waals surface area contributed by atoms with E-state index in [1.807, 2.05) is 25.1 Å². The molecule has 2 aromatic rings. The van der Waals surface area contributed by atoms with Crippen LogP contribution in [0, 0.1) is 6.92 Å². The van der Waals surface area contributed by atoms with Gasteiger partial charge in [-0.2, -0.15) is 0 Å². The molecule has 1 spiro atoms. The summed E-state index contributed by atoms with van der Waals surface area (Å²) >= 11 is 0. The second-order valence-corrected chi connectivity index (χ2v) is 8.22. The molecular weight excluding hydrogens is 410 g/mol. The zero-order valence-electron chi connectivity index (χ0n) is 18.2. The number of benzene rings is 1. The summed E-state index contributed by atoms with van der Waals surface area (Å²) in [4.78, 5) is 56.2. The van der Waals surface area contributed by atoms with E-state index in [9.17, 15) is 19.2 Å². The molecule has 3 heterocycles. The molecule has 4 rings (SSSR count). The van der Waals surface area contributed by atoms with Gasteiger partial charge in [0.2, 0.25) is 17.7 Å². The summed E-state index contributed by atoms with van der Waals surface area (Å²) in [6.07, 6.45) is 3.24. The van der Waals surface area contributed by atoms with Crippen molar-refractivity contribution < 1.29 is 23.6 Å². The van der Waals surface area contributed by atoms with Gasteiger partial charge in [0.1, 0.15) is 0 Å². The molecule has 8 heteroatoms. The van der Waals surface area contributed by atoms with Crippen LogP contribution in [0.3, 0.4) is 0 Å². The van der Waals surface area contributed by atoms with E-state index < -0.39 is 11.3 Å². The lowest BCUT2D eigenvalue weighted by molar-refractivity contribution is -0.141. The Morgan fingerprint density at radius 3 is 2.66 bits per heavy atom. The van der Waals surface area contributed by atoms with Crippen LogP contribution in [-0.2, 0) is 19.8 Å². The highest BCUT2D eigenvalue weighted by Gasteiger charge is 2.63. The van der Waals surface area contributed by atoms with Crippen molar-refractivity contribution in [3.05, 3.63) is 66.1 Å². The second kappa shape index (κ2) is 8.11. The Balaban J connectivity index is 1.52. The lowest BCUT2D eigenvalue weighted by atomic mass is 9.79. The van der Waals surface area contributed by atoms with Gasteiger partial charge in [0.25, 0.3) is 5.91 Å². The van der Waals surface area contributed by atoms with Gasteiger partial charge in [0, 0.05) is 37.9 Å². The molecule has 1 aromatic heterocycles. The number of imide groups is 1. The predicted molar refractivity (Wildman–Crippen MR) is 117 cm³/mol. The van der Waals surface area contributed by atoms with Gasteiger partial charge in [-0.3, -0.25) is 24.1 Å². The van der Waals surface area contributed by atoms with E-state index in [-0.39, 0.29) is 43.0 Å². The Labute approximate surface area is 186 Å². The Hall–Kier alpha value is -3.68. The van der Waals surface area contributed by atoms with Crippen LogP contribution < -0.4 is 4.90 Å². The molecule has 0 aliphatic carbocycles. The smallest absolute Gasteiger partial charge is 0.289 e. The zero-order chi connectivity index (χ0) is 23.0. The van der Waals surface area contributed by atoms with Crippen LogP contribution in [0.15, 0.2) is 53.7 Å². The number of likely N-dealkylation sites (tertiary alicyclic amines) is 1. The van der Waals surface area contributed by atoms with Crippen molar-refractivity contribution in [2.24, 2.45) is 0 Å². The summed E-state index contributed by atoms with van der Waals surface area (Å²) in [6, 6.07) is 8.73. The first-order chi connectivity index (χ1) is 15.3. The highest BCUT2D eigenvalue weighted by atomic mass is 16.3. The molecule has 0 bridgehead atoms. The van der Waals surface area contributed by atoms with E-state index in [0.29, 0.717) is 24.2 Å². The third-order valence-electron chi connectivity index (χ3n) is 6.11. The van der Waals surface area contributed by atoms with Crippen molar-refractivity contribution in [2.45, 2.75) is 25.2 Å². The largest absolute Gasteiger partial charge is 0.459 e. The quantitative estimate of drug-likeness (QED) is 0.378. The van der Waals surface area contributed by atoms with E-state index in [1.165, 1.54) is 16.1 Å². The summed E-state index contributed by atoms with van der Waals surface area (Å²) < 4.78 is 5.12. The van der Waals surface area contributed by atoms with E-state index >= 15 is 0 Å². The first-order valence-corrected chi connectivity index (χ1v) is 10.5. The summed E-state index contributed by atoms with van der Waals surface area (Å²) in [5.41, 5.74) is 0.618. The maximum atomic E-state index is 13.5. The number of rotatable bonds is 7. The fourth-order valence-electron chi connectivity index (χ4n) is 4.49. The Kier molecular flexibility index (Phi) is 5.46. The molecule has 2 aliphatic heterocycles. The monoisotopic (exact) mass is 435 g/mol. The van der Waals surface area contributed by atoms with Gasteiger partial charge in [-0.1, -0.05) is 23.8 Å². The van der Waals surface area contributed by atoms with Gasteiger partial charge >= 0.3 is 0 Å². The molecule has 8 nitrogen and oxygen atoms in total. The van der Waals surface area contributed by atoms with Crippen LogP contribution in [0.1, 0.15) is 34.5 Å². The highest BCUT2D eigenvalue weighted by molar-refractivity contribution is 6.28. The first-order valence-electron chi connectivity index (χ1n) is 10.5. The molecule has 0 saturated carbocycles. The molecule has 2 aliphatic rings. The standard InChI is InChI=1S/C24H25N3O5/c1-4-10-26-18-9-8-16(2)14-17(18)24(22(26)30)15-20(28)27(23(24)31)12-6-11-25(3)21(29)19-7-5-13-32-19/h4-5,7-9,13-14H,1,6,10-12,15H2,2-3H3. The maximum Gasteiger partial charge on any atom is 0.289 e. The number of carbonyl (C=O) groups excluding carboxylic acids is 4. The van der Waals surface area contributed by atoms with Gasteiger partial charge in [-0.15, -0.1) is 6.58 Å². The molecule has 1 aromatic carbocycles. The zero-order valence-corrected chi connectivity index (χ0v) is 18.2. The summed E-state index contributed by atoms with van der Waals surface area (Å²) in [7, 11) is 1.63. The molecule has 1 fully saturated rings. The van der Waals surface area contributed by atoms with Crippen LogP contribution in [0.25, 0.3) is 0 Å². The number of nitrogens with zero attached hydrogens (tertiary/aromatic N) is 3. The Bertz CT molecular complexity index is 1110. The number of carbonyl (C=O) groups is 4. The highest BCUT2D eigenvalue weighted by Crippen LogP contribution is 2.48. The average molecular weight is 435 g/mol. The summed E-state index contributed by atoms with van der Waals surface area (Å²) in [5.74, 6) is -1.31. The summed E-state index contributed by atoms with van der Waals surface area (Å²) in [5, 5.41) is 0. The first kappa shape index (κ1) is 21.5. The van der Waals surface area contributed by atoms with Crippen LogP contribution in [0.5, 0.6) is 0 Å². The van der Waals surface area contributed by atoms with Gasteiger partial charge in [-0.05, 0) is 31.5 Å². The predicted octanol–water partition coefficient (Wildman–Crippen LogP) is 2.28. The lowest BCUT2D eigenvalue weighted by Gasteiger charge is -2.23. The number of anilines is 1. The van der Waals surface area contributed by atoms with Gasteiger partial charge in [0.15, 0.2) is 11.2 Å². The number of hydrogen-bond donors (Lipinski definition) is 0. The molecule has 4 amide bonds. The van der Waals surface area contributed by atoms with E-state index in [4.69, 9.17) is 4.42 Å². The molecule has 0 N–H and O–H groups in total. The van der Waals surface area contributed by atoms with Gasteiger partial charge in [0.05, 0.1) is 12.7 Å². The van der Waals surface area contributed by atoms with Crippen molar-refractivity contribution in [3.8, 4) is 0 Å². The molecule has 1 saturated heterocycles. The molecule has 0 radical (unpaired) electrons. The van der Waals surface area contributed by atoms with Gasteiger partial charge < -0.3 is 14.2 Å². The normalized spacial score (nSPS) is 19.8. The van der Waals surface area contributed by atoms with Crippen LogP contribution in [0.4, 0.5) is 5.69 Å². The molecule has 32 heavy (non-hydrogen) atoms. The number of fused-ring (bicyclic) bond motifs is 2. The Morgan fingerprint density at radius 1 is 1.22 bits per heavy atom. The number of hydrogen-bond acceptors (Lipinski definition) is 5. The van der Waals surface area contributed by atoms with E-state index in [0.717, 1.165) is 10.5 Å². The van der Waals surface area contributed by atoms with Crippen molar-refractivity contribution in [2.75, 3.05) is 31.6 Å². The Morgan fingerprint density at radius 2 is 1.97 bits per heavy atom. The van der Waals surface area contributed by atoms with Crippen molar-refractivity contribution in [3.63, 3.8) is 0 Å². The summed E-state index contributed by atoms with van der Waals surface area (Å²) in [6.45, 7) is 6.32. The van der Waals surface area contributed by atoms with Crippen LogP contribution in [-0.4, -0.2) is 60.1 Å². The van der Waals surface area contributed by atoms with E-state index in [1.54, 1.807) is 25.3 Å². The molecule has 1 atom stereocenters. The minimum Gasteiger partial charge on any atom is -0.459 e. The minimum atomic E-state index is -1.52. The fourth-order valence-corrected chi connectivity index (χ4v) is 4.49. The third kappa shape index (κ3) is 3.23. The number of amides is 4. The lowest BCUT2D eigenvalue weighted by Crippen LogP contribution is -2.47. The maximum absolute atomic E-state index is 13.5. The minimum absolute atomic E-state index is 0.130. The van der Waals surface area contributed by atoms with Crippen molar-refractivity contribution >= 4 is 29.3 Å². The SMILES string of the molecule is C=CCN1C(=O)C2(CC(=O)N(CCCN(C)C(=O)c3ccco3)C2=O)c2cc(C)ccc21. The van der Waals surface area contributed by atoms with Gasteiger partial charge in [-0.25, -0.2) is 0 Å². The molecular formula is C24H25N3O5. The van der Waals surface area contributed by atoms with E-state index in [2.05, 4.69) is 6.58 Å².